The van der Waals surface area contributed by atoms with Gasteiger partial charge in [-0.1, -0.05) is 29.8 Å². The van der Waals surface area contributed by atoms with Gasteiger partial charge in [-0.2, -0.15) is 10.1 Å². The molecule has 0 saturated carbocycles. The quantitative estimate of drug-likeness (QED) is 0.688. The number of halogens is 1. The summed E-state index contributed by atoms with van der Waals surface area (Å²) in [7, 11) is 0. The first kappa shape index (κ1) is 15.4. The lowest BCUT2D eigenvalue weighted by Gasteiger charge is -2.11. The smallest absolute Gasteiger partial charge is 0.310 e. The number of nitrogens with zero attached hydrogens (tertiary/aromatic N) is 4. The molecule has 0 atom stereocenters. The second kappa shape index (κ2) is 6.34. The molecule has 0 spiro atoms. The third-order valence-electron chi connectivity index (χ3n) is 3.66. The highest BCUT2D eigenvalue weighted by molar-refractivity contribution is 6.31. The molecule has 23 heavy (non-hydrogen) atoms. The molecule has 7 heteroatoms. The van der Waals surface area contributed by atoms with Gasteiger partial charge in [-0.15, -0.1) is 0 Å². The highest BCUT2D eigenvalue weighted by atomic mass is 35.5. The molecule has 0 aliphatic rings. The van der Waals surface area contributed by atoms with Crippen LogP contribution in [0.3, 0.4) is 0 Å². The molecule has 6 nitrogen and oxygen atoms in total. The van der Waals surface area contributed by atoms with Crippen LogP contribution in [0.4, 0.5) is 0 Å². The van der Waals surface area contributed by atoms with Gasteiger partial charge in [0.2, 0.25) is 0 Å². The molecule has 3 rings (SSSR count). The first-order valence-corrected chi connectivity index (χ1v) is 7.49. The average molecular weight is 331 g/mol. The molecule has 0 aliphatic carbocycles. The minimum absolute atomic E-state index is 0.130. The van der Waals surface area contributed by atoms with Crippen molar-refractivity contribution in [2.24, 2.45) is 0 Å². The van der Waals surface area contributed by atoms with Crippen LogP contribution < -0.4 is 0 Å². The van der Waals surface area contributed by atoms with Gasteiger partial charge in [0.25, 0.3) is 5.78 Å². The van der Waals surface area contributed by atoms with E-state index in [1.807, 2.05) is 32.0 Å². The monoisotopic (exact) mass is 330 g/mol. The zero-order valence-corrected chi connectivity index (χ0v) is 13.5. The number of hydrogen-bond acceptors (Lipinski definition) is 5. The molecule has 0 unspecified atom stereocenters. The van der Waals surface area contributed by atoms with Gasteiger partial charge >= 0.3 is 5.97 Å². The van der Waals surface area contributed by atoms with Crippen molar-refractivity contribution in [1.29, 1.82) is 0 Å². The van der Waals surface area contributed by atoms with E-state index in [1.54, 1.807) is 10.6 Å². The molecule has 0 saturated heterocycles. The molecule has 0 radical (unpaired) electrons. The Hall–Kier alpha value is -2.47. The molecule has 0 N–H and O–H groups in total. The van der Waals surface area contributed by atoms with Gasteiger partial charge < -0.3 is 4.74 Å². The molecule has 0 fully saturated rings. The summed E-state index contributed by atoms with van der Waals surface area (Å²) < 4.78 is 6.93. The molecular formula is C16H15ClN4O2. The van der Waals surface area contributed by atoms with Crippen LogP contribution in [-0.4, -0.2) is 25.6 Å². The predicted octanol–water partition coefficient (Wildman–Crippen LogP) is 2.68. The van der Waals surface area contributed by atoms with Crippen LogP contribution in [-0.2, 0) is 22.6 Å². The van der Waals surface area contributed by atoms with E-state index in [-0.39, 0.29) is 19.0 Å². The van der Waals surface area contributed by atoms with Crippen LogP contribution in [0, 0.1) is 13.8 Å². The summed E-state index contributed by atoms with van der Waals surface area (Å²) >= 11 is 6.05. The van der Waals surface area contributed by atoms with Crippen LogP contribution in [0.1, 0.15) is 22.5 Å². The summed E-state index contributed by atoms with van der Waals surface area (Å²) in [5, 5.41) is 4.69. The van der Waals surface area contributed by atoms with Gasteiger partial charge in [-0.25, -0.2) is 9.50 Å². The van der Waals surface area contributed by atoms with Crippen LogP contribution >= 0.6 is 11.6 Å². The summed E-state index contributed by atoms with van der Waals surface area (Å²) in [6.07, 6.45) is 1.57. The minimum Gasteiger partial charge on any atom is -0.460 e. The SMILES string of the molecule is Cc1nc2ncnn2c(C)c1CC(=O)OCc1ccccc1Cl. The summed E-state index contributed by atoms with van der Waals surface area (Å²) in [4.78, 5) is 20.5. The van der Waals surface area contributed by atoms with Gasteiger partial charge in [-0.3, -0.25) is 4.79 Å². The molecule has 0 amide bonds. The summed E-state index contributed by atoms with van der Waals surface area (Å²) in [5.74, 6) is 0.186. The lowest BCUT2D eigenvalue weighted by molar-refractivity contribution is -0.144. The van der Waals surface area contributed by atoms with Crippen molar-refractivity contribution in [3.05, 3.63) is 58.1 Å². The van der Waals surface area contributed by atoms with Crippen molar-refractivity contribution in [3.63, 3.8) is 0 Å². The summed E-state index contributed by atoms with van der Waals surface area (Å²) in [5.41, 5.74) is 3.16. The van der Waals surface area contributed by atoms with Crippen molar-refractivity contribution < 1.29 is 9.53 Å². The second-order valence-corrected chi connectivity index (χ2v) is 5.57. The molecule has 2 heterocycles. The predicted molar refractivity (Wildman–Crippen MR) is 85.2 cm³/mol. The molecule has 0 aliphatic heterocycles. The van der Waals surface area contributed by atoms with Gasteiger partial charge in [0, 0.05) is 27.5 Å². The maximum Gasteiger partial charge on any atom is 0.310 e. The summed E-state index contributed by atoms with van der Waals surface area (Å²) in [6, 6.07) is 7.28. The molecule has 0 bridgehead atoms. The van der Waals surface area contributed by atoms with Gasteiger partial charge in [-0.05, 0) is 19.9 Å². The Morgan fingerprint density at radius 1 is 1.30 bits per heavy atom. The maximum absolute atomic E-state index is 12.1. The Bertz CT molecular complexity index is 876. The van der Waals surface area contributed by atoms with E-state index in [4.69, 9.17) is 16.3 Å². The van der Waals surface area contributed by atoms with E-state index < -0.39 is 0 Å². The molecule has 2 aromatic heterocycles. The average Bonchev–Trinajstić information content (AvgIpc) is 2.99. The lowest BCUT2D eigenvalue weighted by Crippen LogP contribution is -2.13. The highest BCUT2D eigenvalue weighted by Crippen LogP contribution is 2.17. The van der Waals surface area contributed by atoms with Gasteiger partial charge in [0.15, 0.2) is 0 Å². The van der Waals surface area contributed by atoms with E-state index in [9.17, 15) is 4.79 Å². The normalized spacial score (nSPS) is 10.9. The lowest BCUT2D eigenvalue weighted by atomic mass is 10.1. The molecule has 1 aromatic carbocycles. The number of aryl methyl sites for hydroxylation is 2. The zero-order valence-electron chi connectivity index (χ0n) is 12.8. The third-order valence-corrected chi connectivity index (χ3v) is 4.02. The van der Waals surface area contributed by atoms with Crippen LogP contribution in [0.5, 0.6) is 0 Å². The van der Waals surface area contributed by atoms with Crippen LogP contribution in [0.15, 0.2) is 30.6 Å². The van der Waals surface area contributed by atoms with Crippen molar-refractivity contribution in [2.45, 2.75) is 26.9 Å². The van der Waals surface area contributed by atoms with E-state index >= 15 is 0 Å². The number of benzene rings is 1. The van der Waals surface area contributed by atoms with Crippen molar-refractivity contribution in [1.82, 2.24) is 19.6 Å². The summed E-state index contributed by atoms with van der Waals surface area (Å²) in [6.45, 7) is 3.88. The van der Waals surface area contributed by atoms with Crippen LogP contribution in [0.2, 0.25) is 5.02 Å². The first-order chi connectivity index (χ1) is 11.1. The first-order valence-electron chi connectivity index (χ1n) is 7.11. The molecule has 3 aromatic rings. The highest BCUT2D eigenvalue weighted by Gasteiger charge is 2.15. The Labute approximate surface area is 138 Å². The number of aromatic nitrogens is 4. The second-order valence-electron chi connectivity index (χ2n) is 5.16. The number of esters is 1. The standard InChI is InChI=1S/C16H15ClN4O2/c1-10-13(11(2)21-16(20-10)18-9-19-21)7-15(22)23-8-12-5-3-4-6-14(12)17/h3-6,9H,7-8H2,1-2H3. The van der Waals surface area contributed by atoms with Crippen molar-refractivity contribution in [2.75, 3.05) is 0 Å². The fourth-order valence-electron chi connectivity index (χ4n) is 2.38. The number of carbonyl (C=O) groups excluding carboxylic acids is 1. The maximum atomic E-state index is 12.1. The number of ether oxygens (including phenoxy) is 1. The number of rotatable bonds is 4. The van der Waals surface area contributed by atoms with E-state index in [0.717, 1.165) is 22.5 Å². The fraction of sp³-hybridized carbons (Fsp3) is 0.250. The van der Waals surface area contributed by atoms with Crippen LogP contribution in [0.25, 0.3) is 5.78 Å². The van der Waals surface area contributed by atoms with E-state index in [2.05, 4.69) is 15.1 Å². The Morgan fingerprint density at radius 2 is 2.09 bits per heavy atom. The fourth-order valence-corrected chi connectivity index (χ4v) is 2.57. The van der Waals surface area contributed by atoms with E-state index in [0.29, 0.717) is 10.8 Å². The van der Waals surface area contributed by atoms with Gasteiger partial charge in [0.1, 0.15) is 12.9 Å². The minimum atomic E-state index is -0.336. The molecular weight excluding hydrogens is 316 g/mol. The number of carbonyl (C=O) groups is 1. The number of hydrogen-bond donors (Lipinski definition) is 0. The van der Waals surface area contributed by atoms with Gasteiger partial charge in [0.05, 0.1) is 6.42 Å². The Kier molecular flexibility index (Phi) is 4.25. The zero-order chi connectivity index (χ0) is 16.4. The topological polar surface area (TPSA) is 69.4 Å². The van der Waals surface area contributed by atoms with E-state index in [1.165, 1.54) is 6.33 Å². The number of fused-ring (bicyclic) bond motifs is 1. The van der Waals surface area contributed by atoms with Crippen molar-refractivity contribution in [3.8, 4) is 0 Å². The molecule has 118 valence electrons. The van der Waals surface area contributed by atoms with Crippen molar-refractivity contribution >= 4 is 23.3 Å². The Balaban J connectivity index is 1.74. The largest absolute Gasteiger partial charge is 0.460 e. The Morgan fingerprint density at radius 3 is 2.87 bits per heavy atom. The third kappa shape index (κ3) is 3.17.